The SMILES string of the molecule is CCc1ccccc1OCC(=O)NC1CCN([C@@H]2CCOC2)CC1. The van der Waals surface area contributed by atoms with Crippen molar-refractivity contribution in [1.82, 2.24) is 10.2 Å². The van der Waals surface area contributed by atoms with Crippen molar-refractivity contribution in [3.63, 3.8) is 0 Å². The third-order valence-electron chi connectivity index (χ3n) is 5.03. The van der Waals surface area contributed by atoms with Crippen molar-refractivity contribution in [2.45, 2.75) is 44.7 Å². The van der Waals surface area contributed by atoms with Crippen LogP contribution in [0.25, 0.3) is 0 Å². The second-order valence-electron chi connectivity index (χ2n) is 6.65. The van der Waals surface area contributed by atoms with Crippen LogP contribution in [0.15, 0.2) is 24.3 Å². The molecule has 1 aromatic rings. The lowest BCUT2D eigenvalue weighted by atomic mass is 10.0. The fourth-order valence-corrected chi connectivity index (χ4v) is 3.57. The molecule has 1 N–H and O–H groups in total. The van der Waals surface area contributed by atoms with Crippen LogP contribution in [0.1, 0.15) is 31.7 Å². The van der Waals surface area contributed by atoms with Crippen LogP contribution >= 0.6 is 0 Å². The van der Waals surface area contributed by atoms with Crippen molar-refractivity contribution in [2.24, 2.45) is 0 Å². The van der Waals surface area contributed by atoms with Crippen LogP contribution in [0.2, 0.25) is 0 Å². The minimum atomic E-state index is -0.0245. The van der Waals surface area contributed by atoms with E-state index >= 15 is 0 Å². The van der Waals surface area contributed by atoms with Gasteiger partial charge in [0.15, 0.2) is 6.61 Å². The van der Waals surface area contributed by atoms with Gasteiger partial charge in [0.1, 0.15) is 5.75 Å². The molecule has 2 aliphatic rings. The van der Waals surface area contributed by atoms with Gasteiger partial charge in [0.05, 0.1) is 6.61 Å². The zero-order valence-electron chi connectivity index (χ0n) is 14.5. The number of aryl methyl sites for hydroxylation is 1. The molecule has 2 saturated heterocycles. The smallest absolute Gasteiger partial charge is 0.258 e. The summed E-state index contributed by atoms with van der Waals surface area (Å²) in [5, 5.41) is 3.12. The fraction of sp³-hybridized carbons (Fsp3) is 0.632. The van der Waals surface area contributed by atoms with E-state index in [0.29, 0.717) is 6.04 Å². The second kappa shape index (κ2) is 8.49. The van der Waals surface area contributed by atoms with Crippen LogP contribution in [0.3, 0.4) is 0 Å². The van der Waals surface area contributed by atoms with E-state index in [0.717, 1.165) is 63.3 Å². The predicted octanol–water partition coefficient (Wildman–Crippen LogP) is 2.00. The minimum absolute atomic E-state index is 0.0245. The summed E-state index contributed by atoms with van der Waals surface area (Å²) in [4.78, 5) is 14.7. The van der Waals surface area contributed by atoms with Gasteiger partial charge in [-0.05, 0) is 37.3 Å². The van der Waals surface area contributed by atoms with Gasteiger partial charge in [0, 0.05) is 31.8 Å². The molecule has 132 valence electrons. The van der Waals surface area contributed by atoms with Gasteiger partial charge >= 0.3 is 0 Å². The fourth-order valence-electron chi connectivity index (χ4n) is 3.57. The molecule has 0 bridgehead atoms. The molecule has 2 aliphatic heterocycles. The highest BCUT2D eigenvalue weighted by Crippen LogP contribution is 2.19. The summed E-state index contributed by atoms with van der Waals surface area (Å²) >= 11 is 0. The van der Waals surface area contributed by atoms with Gasteiger partial charge in [-0.1, -0.05) is 25.1 Å². The van der Waals surface area contributed by atoms with Gasteiger partial charge in [-0.3, -0.25) is 9.69 Å². The maximum atomic E-state index is 12.2. The molecule has 0 aliphatic carbocycles. The van der Waals surface area contributed by atoms with Crippen LogP contribution in [0, 0.1) is 0 Å². The van der Waals surface area contributed by atoms with Crippen molar-refractivity contribution in [3.05, 3.63) is 29.8 Å². The van der Waals surface area contributed by atoms with Crippen molar-refractivity contribution in [2.75, 3.05) is 32.9 Å². The maximum absolute atomic E-state index is 12.2. The van der Waals surface area contributed by atoms with Gasteiger partial charge in [-0.15, -0.1) is 0 Å². The first-order valence-corrected chi connectivity index (χ1v) is 9.08. The average Bonchev–Trinajstić information content (AvgIpc) is 3.15. The van der Waals surface area contributed by atoms with Crippen LogP contribution in [-0.4, -0.2) is 55.8 Å². The molecule has 1 amide bonds. The van der Waals surface area contributed by atoms with Gasteiger partial charge in [0.2, 0.25) is 0 Å². The Morgan fingerprint density at radius 2 is 2.08 bits per heavy atom. The summed E-state index contributed by atoms with van der Waals surface area (Å²) in [6, 6.07) is 8.74. The summed E-state index contributed by atoms with van der Waals surface area (Å²) < 4.78 is 11.2. The zero-order chi connectivity index (χ0) is 16.8. The Hall–Kier alpha value is -1.59. The van der Waals surface area contributed by atoms with Gasteiger partial charge in [-0.25, -0.2) is 0 Å². The normalized spacial score (nSPS) is 22.5. The van der Waals surface area contributed by atoms with E-state index in [1.54, 1.807) is 0 Å². The van der Waals surface area contributed by atoms with Crippen molar-refractivity contribution in [3.8, 4) is 5.75 Å². The first kappa shape index (κ1) is 17.2. The molecule has 1 aromatic carbocycles. The van der Waals surface area contributed by atoms with Crippen LogP contribution in [-0.2, 0) is 16.0 Å². The molecule has 5 heteroatoms. The number of nitrogens with zero attached hydrogens (tertiary/aromatic N) is 1. The molecular formula is C19H28N2O3. The highest BCUT2D eigenvalue weighted by Gasteiger charge is 2.28. The number of likely N-dealkylation sites (tertiary alicyclic amines) is 1. The molecule has 2 heterocycles. The number of hydrogen-bond donors (Lipinski definition) is 1. The number of benzene rings is 1. The van der Waals surface area contributed by atoms with Gasteiger partial charge in [-0.2, -0.15) is 0 Å². The average molecular weight is 332 g/mol. The van der Waals surface area contributed by atoms with Crippen molar-refractivity contribution < 1.29 is 14.3 Å². The topological polar surface area (TPSA) is 50.8 Å². The molecule has 3 rings (SSSR count). The highest BCUT2D eigenvalue weighted by atomic mass is 16.5. The third-order valence-corrected chi connectivity index (χ3v) is 5.03. The Bertz CT molecular complexity index is 535. The minimum Gasteiger partial charge on any atom is -0.483 e. The zero-order valence-corrected chi connectivity index (χ0v) is 14.5. The summed E-state index contributed by atoms with van der Waals surface area (Å²) in [5.41, 5.74) is 1.14. The van der Waals surface area contributed by atoms with Crippen molar-refractivity contribution in [1.29, 1.82) is 0 Å². The molecule has 5 nitrogen and oxygen atoms in total. The lowest BCUT2D eigenvalue weighted by molar-refractivity contribution is -0.124. The number of carbonyl (C=O) groups excluding carboxylic acids is 1. The summed E-state index contributed by atoms with van der Waals surface area (Å²) in [7, 11) is 0. The number of nitrogens with one attached hydrogen (secondary N) is 1. The largest absolute Gasteiger partial charge is 0.483 e. The third kappa shape index (κ3) is 4.48. The highest BCUT2D eigenvalue weighted by molar-refractivity contribution is 5.77. The quantitative estimate of drug-likeness (QED) is 0.866. The second-order valence-corrected chi connectivity index (χ2v) is 6.65. The number of piperidine rings is 1. The molecule has 1 atom stereocenters. The van der Waals surface area contributed by atoms with Gasteiger partial charge in [0.25, 0.3) is 5.91 Å². The maximum Gasteiger partial charge on any atom is 0.258 e. The monoisotopic (exact) mass is 332 g/mol. The molecule has 2 fully saturated rings. The van der Waals surface area contributed by atoms with E-state index in [4.69, 9.17) is 9.47 Å². The first-order valence-electron chi connectivity index (χ1n) is 9.08. The predicted molar refractivity (Wildman–Crippen MR) is 93.3 cm³/mol. The first-order chi connectivity index (χ1) is 11.8. The molecule has 0 radical (unpaired) electrons. The van der Waals surface area contributed by atoms with Gasteiger partial charge < -0.3 is 14.8 Å². The molecule has 0 unspecified atom stereocenters. The lowest BCUT2D eigenvalue weighted by Crippen LogP contribution is -2.49. The van der Waals surface area contributed by atoms with E-state index in [-0.39, 0.29) is 18.6 Å². The number of hydrogen-bond acceptors (Lipinski definition) is 4. The molecule has 0 aromatic heterocycles. The van der Waals surface area contributed by atoms with Crippen LogP contribution in [0.5, 0.6) is 5.75 Å². The number of rotatable bonds is 6. The molecule has 0 saturated carbocycles. The Labute approximate surface area is 144 Å². The van der Waals surface area contributed by atoms with Crippen LogP contribution < -0.4 is 10.1 Å². The Kier molecular flexibility index (Phi) is 6.10. The molecule has 24 heavy (non-hydrogen) atoms. The summed E-state index contributed by atoms with van der Waals surface area (Å²) in [6.07, 6.45) is 4.06. The summed E-state index contributed by atoms with van der Waals surface area (Å²) in [5.74, 6) is 0.787. The van der Waals surface area contributed by atoms with E-state index in [1.807, 2.05) is 24.3 Å². The number of carbonyl (C=O) groups is 1. The van der Waals surface area contributed by atoms with E-state index < -0.39 is 0 Å². The molecule has 0 spiro atoms. The van der Waals surface area contributed by atoms with E-state index in [1.165, 1.54) is 0 Å². The van der Waals surface area contributed by atoms with Crippen LogP contribution in [0.4, 0.5) is 0 Å². The number of amides is 1. The Morgan fingerprint density at radius 1 is 1.29 bits per heavy atom. The number of ether oxygens (including phenoxy) is 2. The van der Waals surface area contributed by atoms with Crippen molar-refractivity contribution >= 4 is 5.91 Å². The molecular weight excluding hydrogens is 304 g/mol. The Morgan fingerprint density at radius 3 is 2.79 bits per heavy atom. The van der Waals surface area contributed by atoms with E-state index in [2.05, 4.69) is 17.1 Å². The Balaban J connectivity index is 1.39. The summed E-state index contributed by atoms with van der Waals surface area (Å²) in [6.45, 7) is 6.01. The number of para-hydroxylation sites is 1. The lowest BCUT2D eigenvalue weighted by Gasteiger charge is -2.35. The standard InChI is InChI=1S/C19H28N2O3/c1-2-15-5-3-4-6-18(15)24-14-19(22)20-16-7-10-21(11-8-16)17-9-12-23-13-17/h3-6,16-17H,2,7-14H2,1H3,(H,20,22)/t17-/m1/s1. The van der Waals surface area contributed by atoms with E-state index in [9.17, 15) is 4.79 Å².